The van der Waals surface area contributed by atoms with Gasteiger partial charge in [-0.05, 0) is 13.3 Å². The highest BCUT2D eigenvalue weighted by Crippen LogP contribution is 2.29. The molecule has 0 aromatic heterocycles. The first-order valence-corrected chi connectivity index (χ1v) is 4.97. The Morgan fingerprint density at radius 2 is 2.13 bits per heavy atom. The van der Waals surface area contributed by atoms with Crippen LogP contribution in [0.2, 0.25) is 0 Å². The zero-order valence-corrected chi connectivity index (χ0v) is 8.56. The maximum Gasteiger partial charge on any atom is 0.309 e. The molecule has 84 valence electrons. The summed E-state index contributed by atoms with van der Waals surface area (Å²) in [6.07, 6.45) is 0.501. The van der Waals surface area contributed by atoms with E-state index in [0.717, 1.165) is 0 Å². The maximum atomic E-state index is 11.4. The highest BCUT2D eigenvalue weighted by atomic mass is 16.5. The van der Waals surface area contributed by atoms with Gasteiger partial charge in [0.25, 0.3) is 0 Å². The number of carboxylic acids is 1. The monoisotopic (exact) mass is 214 g/mol. The molecule has 0 radical (unpaired) electrons. The number of aliphatic carboxylic acids is 1. The highest BCUT2D eigenvalue weighted by molar-refractivity contribution is 5.90. The molecule has 2 atom stereocenters. The largest absolute Gasteiger partial charge is 0.481 e. The Bertz CT molecular complexity index is 284. The normalized spacial score (nSPS) is 26.1. The molecule has 5 nitrogen and oxygen atoms in total. The smallest absolute Gasteiger partial charge is 0.309 e. The molecule has 0 heterocycles. The second-order valence-corrected chi connectivity index (χ2v) is 3.58. The molecule has 1 N–H and O–H groups in total. The molecule has 1 fully saturated rings. The summed E-state index contributed by atoms with van der Waals surface area (Å²) in [4.78, 5) is 33.4. The van der Waals surface area contributed by atoms with Crippen LogP contribution in [0.5, 0.6) is 0 Å². The van der Waals surface area contributed by atoms with Crippen molar-refractivity contribution >= 4 is 17.7 Å². The van der Waals surface area contributed by atoms with Gasteiger partial charge >= 0.3 is 11.9 Å². The van der Waals surface area contributed by atoms with Gasteiger partial charge in [0.05, 0.1) is 18.4 Å². The summed E-state index contributed by atoms with van der Waals surface area (Å²) < 4.78 is 4.78. The first-order valence-electron chi connectivity index (χ1n) is 4.97. The molecule has 0 aromatic rings. The van der Waals surface area contributed by atoms with Crippen molar-refractivity contribution in [2.75, 3.05) is 6.61 Å². The van der Waals surface area contributed by atoms with Crippen LogP contribution < -0.4 is 0 Å². The van der Waals surface area contributed by atoms with Crippen LogP contribution in [0.4, 0.5) is 0 Å². The lowest BCUT2D eigenvalue weighted by Crippen LogP contribution is -2.36. The number of carbonyl (C=O) groups is 3. The van der Waals surface area contributed by atoms with Crippen molar-refractivity contribution in [3.63, 3.8) is 0 Å². The van der Waals surface area contributed by atoms with Crippen molar-refractivity contribution in [1.29, 1.82) is 0 Å². The molecule has 0 aromatic carbocycles. The molecule has 0 aliphatic heterocycles. The summed E-state index contributed by atoms with van der Waals surface area (Å²) in [6, 6.07) is 0. The third kappa shape index (κ3) is 2.78. The van der Waals surface area contributed by atoms with Gasteiger partial charge < -0.3 is 9.84 Å². The molecule has 0 spiro atoms. The van der Waals surface area contributed by atoms with Gasteiger partial charge in [-0.1, -0.05) is 0 Å². The molecular weight excluding hydrogens is 200 g/mol. The lowest BCUT2D eigenvalue weighted by Gasteiger charge is -2.25. The van der Waals surface area contributed by atoms with E-state index < -0.39 is 23.8 Å². The third-order valence-corrected chi connectivity index (χ3v) is 2.57. The standard InChI is InChI=1S/C10H14O5/c1-2-15-10(14)7-4-3-6(11)5-8(7)9(12)13/h7-8H,2-5H2,1H3,(H,12,13)/t7-,8-/m0/s1. The lowest BCUT2D eigenvalue weighted by atomic mass is 9.78. The van der Waals surface area contributed by atoms with E-state index in [0.29, 0.717) is 0 Å². The van der Waals surface area contributed by atoms with Gasteiger partial charge in [-0.2, -0.15) is 0 Å². The fourth-order valence-corrected chi connectivity index (χ4v) is 1.80. The molecule has 0 saturated heterocycles. The first kappa shape index (κ1) is 11.7. The summed E-state index contributed by atoms with van der Waals surface area (Å²) in [5.74, 6) is -3.27. The predicted octanol–water partition coefficient (Wildman–Crippen LogP) is 0.620. The number of ketones is 1. The van der Waals surface area contributed by atoms with Crippen LogP contribution in [0.3, 0.4) is 0 Å². The van der Waals surface area contributed by atoms with Crippen LogP contribution in [-0.4, -0.2) is 29.4 Å². The number of ether oxygens (including phenoxy) is 1. The van der Waals surface area contributed by atoms with Crippen LogP contribution in [-0.2, 0) is 19.1 Å². The minimum atomic E-state index is -1.10. The van der Waals surface area contributed by atoms with Gasteiger partial charge in [-0.25, -0.2) is 0 Å². The van der Waals surface area contributed by atoms with Gasteiger partial charge in [-0.3, -0.25) is 14.4 Å². The average molecular weight is 214 g/mol. The van der Waals surface area contributed by atoms with Gasteiger partial charge in [0.15, 0.2) is 0 Å². The predicted molar refractivity (Wildman–Crippen MR) is 50.1 cm³/mol. The number of Topliss-reactive ketones (excluding diaryl/α,β-unsaturated/α-hetero) is 1. The topological polar surface area (TPSA) is 80.7 Å². The Hall–Kier alpha value is -1.39. The molecule has 15 heavy (non-hydrogen) atoms. The second kappa shape index (κ2) is 4.91. The lowest BCUT2D eigenvalue weighted by molar-refractivity contribution is -0.160. The Balaban J connectivity index is 2.72. The number of rotatable bonds is 3. The zero-order chi connectivity index (χ0) is 11.4. The number of hydrogen-bond donors (Lipinski definition) is 1. The van der Waals surface area contributed by atoms with Gasteiger partial charge in [0, 0.05) is 12.8 Å². The highest BCUT2D eigenvalue weighted by Gasteiger charge is 2.39. The first-order chi connectivity index (χ1) is 7.06. The summed E-state index contributed by atoms with van der Waals surface area (Å²) in [6.45, 7) is 1.90. The summed E-state index contributed by atoms with van der Waals surface area (Å²) in [5.41, 5.74) is 0. The maximum absolute atomic E-state index is 11.4. The SMILES string of the molecule is CCOC(=O)[C@H]1CCC(=O)C[C@@H]1C(=O)O. The Labute approximate surface area is 87.4 Å². The van der Waals surface area contributed by atoms with Crippen LogP contribution in [0.1, 0.15) is 26.2 Å². The zero-order valence-electron chi connectivity index (χ0n) is 8.56. The minimum absolute atomic E-state index is 0.0567. The quantitative estimate of drug-likeness (QED) is 0.696. The molecular formula is C10H14O5. The summed E-state index contributed by atoms with van der Waals surface area (Å²) in [5, 5.41) is 8.88. The van der Waals surface area contributed by atoms with Crippen molar-refractivity contribution in [3.05, 3.63) is 0 Å². The number of esters is 1. The van der Waals surface area contributed by atoms with Crippen LogP contribution in [0, 0.1) is 11.8 Å². The van der Waals surface area contributed by atoms with Crippen molar-refractivity contribution in [3.8, 4) is 0 Å². The van der Waals surface area contributed by atoms with E-state index in [1.807, 2.05) is 0 Å². The molecule has 0 unspecified atom stereocenters. The number of hydrogen-bond acceptors (Lipinski definition) is 4. The van der Waals surface area contributed by atoms with Crippen molar-refractivity contribution in [1.82, 2.24) is 0 Å². The third-order valence-electron chi connectivity index (χ3n) is 2.57. The van der Waals surface area contributed by atoms with E-state index >= 15 is 0 Å². The minimum Gasteiger partial charge on any atom is -0.481 e. The molecule has 0 bridgehead atoms. The Kier molecular flexibility index (Phi) is 3.82. The van der Waals surface area contributed by atoms with Gasteiger partial charge in [0.1, 0.15) is 5.78 Å². The summed E-state index contributed by atoms with van der Waals surface area (Å²) in [7, 11) is 0. The summed E-state index contributed by atoms with van der Waals surface area (Å²) >= 11 is 0. The van der Waals surface area contributed by atoms with E-state index in [9.17, 15) is 14.4 Å². The molecule has 1 aliphatic carbocycles. The molecule has 1 saturated carbocycles. The molecule has 1 aliphatic rings. The number of carbonyl (C=O) groups excluding carboxylic acids is 2. The van der Waals surface area contributed by atoms with Crippen LogP contribution in [0.25, 0.3) is 0 Å². The van der Waals surface area contributed by atoms with Gasteiger partial charge in [0.2, 0.25) is 0 Å². The van der Waals surface area contributed by atoms with Crippen molar-refractivity contribution in [2.24, 2.45) is 11.8 Å². The molecule has 0 amide bonds. The van der Waals surface area contributed by atoms with Crippen LogP contribution >= 0.6 is 0 Å². The van der Waals surface area contributed by atoms with E-state index in [-0.39, 0.29) is 31.7 Å². The van der Waals surface area contributed by atoms with Crippen LogP contribution in [0.15, 0.2) is 0 Å². The molecule has 1 rings (SSSR count). The second-order valence-electron chi connectivity index (χ2n) is 3.58. The van der Waals surface area contributed by atoms with E-state index in [1.54, 1.807) is 6.92 Å². The Morgan fingerprint density at radius 3 is 2.67 bits per heavy atom. The van der Waals surface area contributed by atoms with Crippen molar-refractivity contribution in [2.45, 2.75) is 26.2 Å². The number of carboxylic acid groups (broad SMARTS) is 1. The molecule has 5 heteroatoms. The van der Waals surface area contributed by atoms with E-state index in [2.05, 4.69) is 0 Å². The van der Waals surface area contributed by atoms with E-state index in [4.69, 9.17) is 9.84 Å². The fourth-order valence-electron chi connectivity index (χ4n) is 1.80. The van der Waals surface area contributed by atoms with Gasteiger partial charge in [-0.15, -0.1) is 0 Å². The average Bonchev–Trinajstić information content (AvgIpc) is 2.17. The van der Waals surface area contributed by atoms with Crippen molar-refractivity contribution < 1.29 is 24.2 Å². The van der Waals surface area contributed by atoms with E-state index in [1.165, 1.54) is 0 Å². The fraction of sp³-hybridized carbons (Fsp3) is 0.700. The Morgan fingerprint density at radius 1 is 1.47 bits per heavy atom.